The standard InChI is InChI=1S/C16H12FN3O2/c17-13-6-2-1-4-11(13)8-15(21)19-16-9-14(20-22-16)12-5-3-7-18-10-12/h1-7,9-10H,8H2,(H,19,21). The number of nitrogens with one attached hydrogen (secondary N) is 1. The molecule has 1 N–H and O–H groups in total. The highest BCUT2D eigenvalue weighted by Gasteiger charge is 2.12. The molecular formula is C16H12FN3O2. The number of carbonyl (C=O) groups excluding carboxylic acids is 1. The Morgan fingerprint density at radius 3 is 2.86 bits per heavy atom. The van der Waals surface area contributed by atoms with Crippen LogP contribution in [-0.4, -0.2) is 16.0 Å². The topological polar surface area (TPSA) is 68.0 Å². The summed E-state index contributed by atoms with van der Waals surface area (Å²) < 4.78 is 18.5. The second kappa shape index (κ2) is 6.17. The highest BCUT2D eigenvalue weighted by atomic mass is 19.1. The number of carbonyl (C=O) groups is 1. The number of amides is 1. The van der Waals surface area contributed by atoms with E-state index >= 15 is 0 Å². The fourth-order valence-electron chi connectivity index (χ4n) is 1.98. The molecule has 3 rings (SSSR count). The van der Waals surface area contributed by atoms with Crippen LogP contribution in [0.25, 0.3) is 11.3 Å². The first-order chi connectivity index (χ1) is 10.7. The van der Waals surface area contributed by atoms with Crippen LogP contribution in [-0.2, 0) is 11.2 Å². The van der Waals surface area contributed by atoms with Crippen molar-refractivity contribution in [1.82, 2.24) is 10.1 Å². The first-order valence-electron chi connectivity index (χ1n) is 6.63. The number of nitrogens with zero attached hydrogens (tertiary/aromatic N) is 2. The lowest BCUT2D eigenvalue weighted by Gasteiger charge is -2.02. The van der Waals surface area contributed by atoms with Gasteiger partial charge in [0.2, 0.25) is 11.8 Å². The van der Waals surface area contributed by atoms with Gasteiger partial charge in [0.15, 0.2) is 0 Å². The van der Waals surface area contributed by atoms with Crippen LogP contribution in [0.1, 0.15) is 5.56 Å². The summed E-state index contributed by atoms with van der Waals surface area (Å²) in [6, 6.07) is 11.3. The summed E-state index contributed by atoms with van der Waals surface area (Å²) in [7, 11) is 0. The van der Waals surface area contributed by atoms with Crippen molar-refractivity contribution in [3.8, 4) is 11.3 Å². The Labute approximate surface area is 125 Å². The van der Waals surface area contributed by atoms with Gasteiger partial charge in [-0.1, -0.05) is 23.4 Å². The van der Waals surface area contributed by atoms with E-state index in [1.807, 2.05) is 6.07 Å². The van der Waals surface area contributed by atoms with Gasteiger partial charge in [0.05, 0.1) is 6.42 Å². The summed E-state index contributed by atoms with van der Waals surface area (Å²) in [5.74, 6) is -0.578. The molecule has 0 saturated carbocycles. The van der Waals surface area contributed by atoms with E-state index in [-0.39, 0.29) is 18.2 Å². The molecule has 0 atom stereocenters. The molecule has 0 bridgehead atoms. The SMILES string of the molecule is O=C(Cc1ccccc1F)Nc1cc(-c2cccnc2)no1. The van der Waals surface area contributed by atoms with Crippen LogP contribution in [0.3, 0.4) is 0 Å². The van der Waals surface area contributed by atoms with E-state index in [4.69, 9.17) is 4.52 Å². The molecule has 1 aromatic carbocycles. The molecule has 1 amide bonds. The second-order valence-corrected chi connectivity index (χ2v) is 4.63. The van der Waals surface area contributed by atoms with Crippen LogP contribution in [0.2, 0.25) is 0 Å². The fraction of sp³-hybridized carbons (Fsp3) is 0.0625. The summed E-state index contributed by atoms with van der Waals surface area (Å²) in [6.07, 6.45) is 3.22. The van der Waals surface area contributed by atoms with Crippen LogP contribution in [0.15, 0.2) is 59.4 Å². The third-order valence-electron chi connectivity index (χ3n) is 3.04. The normalized spacial score (nSPS) is 10.4. The van der Waals surface area contributed by atoms with Gasteiger partial charge in [-0.2, -0.15) is 0 Å². The number of pyridine rings is 1. The number of benzene rings is 1. The first kappa shape index (κ1) is 13.9. The average molecular weight is 297 g/mol. The number of rotatable bonds is 4. The summed E-state index contributed by atoms with van der Waals surface area (Å²) >= 11 is 0. The largest absolute Gasteiger partial charge is 0.338 e. The van der Waals surface area contributed by atoms with Crippen molar-refractivity contribution < 1.29 is 13.7 Å². The van der Waals surface area contributed by atoms with Gasteiger partial charge in [0.1, 0.15) is 11.5 Å². The Balaban J connectivity index is 1.68. The smallest absolute Gasteiger partial charge is 0.231 e. The van der Waals surface area contributed by atoms with Gasteiger partial charge < -0.3 is 4.52 Å². The molecule has 0 spiro atoms. The summed E-state index contributed by atoms with van der Waals surface area (Å²) in [5.41, 5.74) is 1.67. The molecule has 6 heteroatoms. The van der Waals surface area contributed by atoms with Crippen molar-refractivity contribution in [1.29, 1.82) is 0 Å². The molecule has 0 aliphatic carbocycles. The molecule has 2 heterocycles. The molecule has 3 aromatic rings. The highest BCUT2D eigenvalue weighted by Crippen LogP contribution is 2.20. The molecule has 0 fully saturated rings. The van der Waals surface area contributed by atoms with Crippen LogP contribution in [0.4, 0.5) is 10.3 Å². The molecule has 0 radical (unpaired) electrons. The molecule has 22 heavy (non-hydrogen) atoms. The minimum absolute atomic E-state index is 0.0738. The van der Waals surface area contributed by atoms with Gasteiger partial charge >= 0.3 is 0 Å². The summed E-state index contributed by atoms with van der Waals surface area (Å²) in [6.45, 7) is 0. The minimum atomic E-state index is -0.411. The third-order valence-corrected chi connectivity index (χ3v) is 3.04. The molecule has 0 unspecified atom stereocenters. The number of halogens is 1. The lowest BCUT2D eigenvalue weighted by Crippen LogP contribution is -2.14. The van der Waals surface area contributed by atoms with Gasteiger partial charge in [-0.25, -0.2) is 4.39 Å². The van der Waals surface area contributed by atoms with Crippen LogP contribution >= 0.6 is 0 Å². The molecule has 2 aromatic heterocycles. The lowest BCUT2D eigenvalue weighted by molar-refractivity contribution is -0.115. The number of anilines is 1. The Kier molecular flexibility index (Phi) is 3.91. The number of hydrogen-bond acceptors (Lipinski definition) is 4. The first-order valence-corrected chi connectivity index (χ1v) is 6.63. The van der Waals surface area contributed by atoms with Crippen LogP contribution < -0.4 is 5.32 Å². The maximum absolute atomic E-state index is 13.5. The zero-order valence-electron chi connectivity index (χ0n) is 11.5. The van der Waals surface area contributed by atoms with E-state index in [0.29, 0.717) is 11.3 Å². The Morgan fingerprint density at radius 2 is 2.09 bits per heavy atom. The Bertz CT molecular complexity index is 787. The summed E-state index contributed by atoms with van der Waals surface area (Å²) in [4.78, 5) is 15.9. The number of hydrogen-bond donors (Lipinski definition) is 1. The van der Waals surface area contributed by atoms with E-state index in [2.05, 4.69) is 15.5 Å². The van der Waals surface area contributed by atoms with Crippen molar-refractivity contribution in [3.05, 3.63) is 66.2 Å². The maximum atomic E-state index is 13.5. The van der Waals surface area contributed by atoms with Crippen LogP contribution in [0, 0.1) is 5.82 Å². The van der Waals surface area contributed by atoms with E-state index in [9.17, 15) is 9.18 Å². The molecule has 0 saturated heterocycles. The number of aromatic nitrogens is 2. The molecular weight excluding hydrogens is 285 g/mol. The zero-order valence-corrected chi connectivity index (χ0v) is 11.5. The van der Waals surface area contributed by atoms with E-state index < -0.39 is 5.82 Å². The van der Waals surface area contributed by atoms with Crippen LogP contribution in [0.5, 0.6) is 0 Å². The fourth-order valence-corrected chi connectivity index (χ4v) is 1.98. The quantitative estimate of drug-likeness (QED) is 0.803. The molecule has 5 nitrogen and oxygen atoms in total. The van der Waals surface area contributed by atoms with E-state index in [1.165, 1.54) is 6.07 Å². The second-order valence-electron chi connectivity index (χ2n) is 4.63. The molecule has 110 valence electrons. The van der Waals surface area contributed by atoms with Crippen molar-refractivity contribution >= 4 is 11.8 Å². The van der Waals surface area contributed by atoms with Gasteiger partial charge in [-0.05, 0) is 23.8 Å². The van der Waals surface area contributed by atoms with Crippen molar-refractivity contribution in [3.63, 3.8) is 0 Å². The Morgan fingerprint density at radius 1 is 1.23 bits per heavy atom. The van der Waals surface area contributed by atoms with Crippen molar-refractivity contribution in [2.24, 2.45) is 0 Å². The maximum Gasteiger partial charge on any atom is 0.231 e. The summed E-state index contributed by atoms with van der Waals surface area (Å²) in [5, 5.41) is 6.41. The molecule has 0 aliphatic heterocycles. The van der Waals surface area contributed by atoms with E-state index in [0.717, 1.165) is 5.56 Å². The van der Waals surface area contributed by atoms with Crippen molar-refractivity contribution in [2.45, 2.75) is 6.42 Å². The van der Waals surface area contributed by atoms with Gasteiger partial charge in [-0.3, -0.25) is 15.1 Å². The lowest BCUT2D eigenvalue weighted by atomic mass is 10.1. The predicted octanol–water partition coefficient (Wildman–Crippen LogP) is 3.06. The Hall–Kier alpha value is -3.02. The molecule has 0 aliphatic rings. The highest BCUT2D eigenvalue weighted by molar-refractivity contribution is 5.91. The monoisotopic (exact) mass is 297 g/mol. The van der Waals surface area contributed by atoms with Crippen molar-refractivity contribution in [2.75, 3.05) is 5.32 Å². The van der Waals surface area contributed by atoms with Gasteiger partial charge in [0, 0.05) is 24.0 Å². The minimum Gasteiger partial charge on any atom is -0.338 e. The predicted molar refractivity (Wildman–Crippen MR) is 78.5 cm³/mol. The zero-order chi connectivity index (χ0) is 15.4. The van der Waals surface area contributed by atoms with Gasteiger partial charge in [0.25, 0.3) is 0 Å². The van der Waals surface area contributed by atoms with E-state index in [1.54, 1.807) is 42.7 Å². The third kappa shape index (κ3) is 3.17. The van der Waals surface area contributed by atoms with Gasteiger partial charge in [-0.15, -0.1) is 0 Å². The average Bonchev–Trinajstić information content (AvgIpc) is 2.99.